The Morgan fingerprint density at radius 1 is 0.810 bits per heavy atom. The quantitative estimate of drug-likeness (QED) is 0.705. The number of hydrogen-bond acceptors (Lipinski definition) is 3. The summed E-state index contributed by atoms with van der Waals surface area (Å²) in [6.07, 6.45) is 1.77. The van der Waals surface area contributed by atoms with Crippen LogP contribution in [0.1, 0.15) is 16.8 Å². The molecule has 0 aliphatic carbocycles. The molecule has 0 saturated heterocycles. The highest BCUT2D eigenvalue weighted by molar-refractivity contribution is 5.67. The van der Waals surface area contributed by atoms with E-state index in [0.29, 0.717) is 5.82 Å². The molecule has 3 heteroatoms. The number of nitrogens with zero attached hydrogens (tertiary/aromatic N) is 3. The summed E-state index contributed by atoms with van der Waals surface area (Å²) in [6.45, 7) is 6.13. The van der Waals surface area contributed by atoms with Crippen molar-refractivity contribution in [2.45, 2.75) is 20.8 Å². The van der Waals surface area contributed by atoms with Gasteiger partial charge in [0.1, 0.15) is 5.69 Å². The first kappa shape index (κ1) is 13.4. The van der Waals surface area contributed by atoms with E-state index in [0.717, 1.165) is 28.2 Å². The predicted molar refractivity (Wildman–Crippen MR) is 84.9 cm³/mol. The molecule has 0 N–H and O–H groups in total. The molecule has 3 rings (SSSR count). The first-order valence-corrected chi connectivity index (χ1v) is 6.98. The molecule has 0 amide bonds. The predicted octanol–water partition coefficient (Wildman–Crippen LogP) is 4.13. The van der Waals surface area contributed by atoms with Crippen molar-refractivity contribution in [3.05, 3.63) is 65.5 Å². The number of pyridine rings is 1. The maximum Gasteiger partial charge on any atom is 0.178 e. The van der Waals surface area contributed by atoms with Gasteiger partial charge >= 0.3 is 0 Å². The number of benzene rings is 1. The van der Waals surface area contributed by atoms with E-state index in [1.54, 1.807) is 6.20 Å². The van der Waals surface area contributed by atoms with Gasteiger partial charge in [0, 0.05) is 17.5 Å². The molecule has 0 unspecified atom stereocenters. The molecule has 0 bridgehead atoms. The molecule has 1 aromatic carbocycles. The lowest BCUT2D eigenvalue weighted by Crippen LogP contribution is -1.96. The van der Waals surface area contributed by atoms with Crippen molar-refractivity contribution in [1.82, 2.24) is 15.0 Å². The summed E-state index contributed by atoms with van der Waals surface area (Å²) in [4.78, 5) is 13.6. The van der Waals surface area contributed by atoms with Gasteiger partial charge in [-0.05, 0) is 50.1 Å². The van der Waals surface area contributed by atoms with Crippen molar-refractivity contribution in [3.63, 3.8) is 0 Å². The summed E-state index contributed by atoms with van der Waals surface area (Å²) in [5.41, 5.74) is 6.25. The van der Waals surface area contributed by atoms with Crippen LogP contribution in [0.2, 0.25) is 0 Å². The molecule has 0 fully saturated rings. The Labute approximate surface area is 124 Å². The lowest BCUT2D eigenvalue weighted by Gasteiger charge is -2.09. The zero-order chi connectivity index (χ0) is 14.8. The second kappa shape index (κ2) is 5.44. The van der Waals surface area contributed by atoms with E-state index in [9.17, 15) is 0 Å². The van der Waals surface area contributed by atoms with E-state index in [4.69, 9.17) is 4.98 Å². The van der Waals surface area contributed by atoms with E-state index >= 15 is 0 Å². The molecule has 2 aromatic heterocycles. The Hall–Kier alpha value is -2.55. The highest BCUT2D eigenvalue weighted by Gasteiger charge is 2.09. The van der Waals surface area contributed by atoms with Gasteiger partial charge in [0.05, 0.1) is 5.69 Å². The maximum atomic E-state index is 4.75. The molecule has 21 heavy (non-hydrogen) atoms. The van der Waals surface area contributed by atoms with Crippen molar-refractivity contribution >= 4 is 0 Å². The fourth-order valence-electron chi connectivity index (χ4n) is 2.35. The fraction of sp³-hybridized carbons (Fsp3) is 0.167. The van der Waals surface area contributed by atoms with Gasteiger partial charge < -0.3 is 0 Å². The van der Waals surface area contributed by atoms with Crippen LogP contribution in [-0.2, 0) is 0 Å². The largest absolute Gasteiger partial charge is 0.244 e. The molecular formula is C18H17N3. The molecule has 0 aliphatic rings. The summed E-state index contributed by atoms with van der Waals surface area (Å²) >= 11 is 0. The van der Waals surface area contributed by atoms with Gasteiger partial charge in [-0.2, -0.15) is 0 Å². The SMILES string of the molecule is Cc1cc(-c2nccc(C)n2)nc(-c2ccccc2C)c1. The monoisotopic (exact) mass is 275 g/mol. The van der Waals surface area contributed by atoms with Gasteiger partial charge in [-0.1, -0.05) is 24.3 Å². The highest BCUT2D eigenvalue weighted by Crippen LogP contribution is 2.25. The van der Waals surface area contributed by atoms with Crippen LogP contribution < -0.4 is 0 Å². The minimum Gasteiger partial charge on any atom is -0.244 e. The average molecular weight is 275 g/mol. The number of aromatic nitrogens is 3. The van der Waals surface area contributed by atoms with Crippen molar-refractivity contribution < 1.29 is 0 Å². The minimum atomic E-state index is 0.675. The van der Waals surface area contributed by atoms with Crippen LogP contribution in [0.4, 0.5) is 0 Å². The summed E-state index contributed by atoms with van der Waals surface area (Å²) < 4.78 is 0. The first-order valence-electron chi connectivity index (χ1n) is 6.98. The lowest BCUT2D eigenvalue weighted by atomic mass is 10.0. The van der Waals surface area contributed by atoms with Gasteiger partial charge in [0.2, 0.25) is 0 Å². The van der Waals surface area contributed by atoms with Crippen LogP contribution in [0.5, 0.6) is 0 Å². The summed E-state index contributed by atoms with van der Waals surface area (Å²) in [5, 5.41) is 0. The molecule has 0 saturated carbocycles. The smallest absolute Gasteiger partial charge is 0.178 e. The molecule has 104 valence electrons. The average Bonchev–Trinajstić information content (AvgIpc) is 2.47. The molecule has 2 heterocycles. The first-order chi connectivity index (χ1) is 10.1. The van der Waals surface area contributed by atoms with Crippen molar-refractivity contribution in [2.75, 3.05) is 0 Å². The van der Waals surface area contributed by atoms with E-state index in [2.05, 4.69) is 42.0 Å². The van der Waals surface area contributed by atoms with Crippen LogP contribution in [0.25, 0.3) is 22.8 Å². The van der Waals surface area contributed by atoms with Crippen LogP contribution in [0.3, 0.4) is 0 Å². The van der Waals surface area contributed by atoms with E-state index in [1.807, 2.05) is 31.2 Å². The second-order valence-electron chi connectivity index (χ2n) is 5.25. The van der Waals surface area contributed by atoms with Crippen LogP contribution in [0.15, 0.2) is 48.7 Å². The molecule has 3 nitrogen and oxygen atoms in total. The third-order valence-corrected chi connectivity index (χ3v) is 3.41. The molecule has 3 aromatic rings. The van der Waals surface area contributed by atoms with E-state index in [-0.39, 0.29) is 0 Å². The van der Waals surface area contributed by atoms with Crippen molar-refractivity contribution in [2.24, 2.45) is 0 Å². The Kier molecular flexibility index (Phi) is 3.48. The zero-order valence-corrected chi connectivity index (χ0v) is 12.5. The second-order valence-corrected chi connectivity index (χ2v) is 5.25. The Bertz CT molecular complexity index is 794. The third kappa shape index (κ3) is 2.82. The third-order valence-electron chi connectivity index (χ3n) is 3.41. The normalized spacial score (nSPS) is 10.6. The van der Waals surface area contributed by atoms with Crippen LogP contribution in [0, 0.1) is 20.8 Å². The van der Waals surface area contributed by atoms with E-state index < -0.39 is 0 Å². The van der Waals surface area contributed by atoms with Crippen LogP contribution >= 0.6 is 0 Å². The minimum absolute atomic E-state index is 0.675. The summed E-state index contributed by atoms with van der Waals surface area (Å²) in [5.74, 6) is 0.675. The topological polar surface area (TPSA) is 38.7 Å². The molecule has 0 spiro atoms. The Morgan fingerprint density at radius 2 is 1.57 bits per heavy atom. The zero-order valence-electron chi connectivity index (χ0n) is 12.5. The Morgan fingerprint density at radius 3 is 2.33 bits per heavy atom. The number of aryl methyl sites for hydroxylation is 3. The maximum absolute atomic E-state index is 4.75. The van der Waals surface area contributed by atoms with Gasteiger partial charge in [0.15, 0.2) is 5.82 Å². The molecular weight excluding hydrogens is 258 g/mol. The molecule has 0 atom stereocenters. The van der Waals surface area contributed by atoms with Crippen molar-refractivity contribution in [3.8, 4) is 22.8 Å². The summed E-state index contributed by atoms with van der Waals surface area (Å²) in [6, 6.07) is 14.3. The van der Waals surface area contributed by atoms with Gasteiger partial charge in [-0.3, -0.25) is 0 Å². The van der Waals surface area contributed by atoms with E-state index in [1.165, 1.54) is 5.56 Å². The highest BCUT2D eigenvalue weighted by atomic mass is 14.9. The van der Waals surface area contributed by atoms with Gasteiger partial charge in [-0.25, -0.2) is 15.0 Å². The van der Waals surface area contributed by atoms with Gasteiger partial charge in [-0.15, -0.1) is 0 Å². The standard InChI is InChI=1S/C18H17N3/c1-12-10-16(15-7-5-4-6-13(15)2)21-17(11-12)18-19-9-8-14(3)20-18/h4-11H,1-3H3. The summed E-state index contributed by atoms with van der Waals surface area (Å²) in [7, 11) is 0. The number of hydrogen-bond donors (Lipinski definition) is 0. The van der Waals surface area contributed by atoms with Crippen LogP contribution in [-0.4, -0.2) is 15.0 Å². The van der Waals surface area contributed by atoms with Gasteiger partial charge in [0.25, 0.3) is 0 Å². The lowest BCUT2D eigenvalue weighted by molar-refractivity contribution is 1.09. The van der Waals surface area contributed by atoms with Crippen molar-refractivity contribution in [1.29, 1.82) is 0 Å². The number of rotatable bonds is 2. The molecule has 0 radical (unpaired) electrons. The fourth-order valence-corrected chi connectivity index (χ4v) is 2.35. The Balaban J connectivity index is 2.15. The molecule has 0 aliphatic heterocycles.